The molecule has 2 aromatic carbocycles. The van der Waals surface area contributed by atoms with E-state index < -0.39 is 21.5 Å². The zero-order valence-electron chi connectivity index (χ0n) is 12.8. The van der Waals surface area contributed by atoms with E-state index in [-0.39, 0.29) is 4.99 Å². The van der Waals surface area contributed by atoms with Gasteiger partial charge in [-0.2, -0.15) is 8.42 Å². The van der Waals surface area contributed by atoms with Crippen molar-refractivity contribution in [1.29, 1.82) is 0 Å². The lowest BCUT2D eigenvalue weighted by molar-refractivity contribution is -0.135. The van der Waals surface area contributed by atoms with E-state index in [4.69, 9.17) is 5.11 Å². The van der Waals surface area contributed by atoms with E-state index >= 15 is 0 Å². The van der Waals surface area contributed by atoms with Crippen LogP contribution in [-0.4, -0.2) is 42.0 Å². The topological polar surface area (TPSA) is 83.5 Å². The van der Waals surface area contributed by atoms with Crippen LogP contribution in [0.2, 0.25) is 0 Å². The summed E-state index contributed by atoms with van der Waals surface area (Å²) < 4.78 is 21.0. The normalized spacial score (nSPS) is 16.7. The van der Waals surface area contributed by atoms with Gasteiger partial charge in [-0.1, -0.05) is 60.7 Å². The Bertz CT molecular complexity index is 759. The molecule has 2 N–H and O–H groups in total. The molecule has 0 amide bonds. The van der Waals surface area contributed by atoms with Gasteiger partial charge in [0, 0.05) is 12.3 Å². The summed E-state index contributed by atoms with van der Waals surface area (Å²) in [6, 6.07) is 20.8. The number of hydrogen-bond donors (Lipinski definition) is 2. The number of carboxylic acid groups (broad SMARTS) is 1. The highest BCUT2D eigenvalue weighted by Crippen LogP contribution is 2.17. The molecule has 1 atom stereocenters. The number of nitrogens with one attached hydrogen (secondary N) is 1. The molecule has 1 fully saturated rings. The van der Waals surface area contributed by atoms with Crippen LogP contribution in [0.3, 0.4) is 0 Å². The van der Waals surface area contributed by atoms with E-state index in [2.05, 4.69) is 53.8 Å². The predicted octanol–water partition coefficient (Wildman–Crippen LogP) is 2.14. The molecule has 7 heteroatoms. The highest BCUT2D eigenvalue weighted by Gasteiger charge is 2.28. The summed E-state index contributed by atoms with van der Waals surface area (Å²) in [7, 11) is -2.45. The van der Waals surface area contributed by atoms with Crippen molar-refractivity contribution < 1.29 is 18.3 Å². The van der Waals surface area contributed by atoms with Crippen molar-refractivity contribution in [2.24, 2.45) is 0 Å². The van der Waals surface area contributed by atoms with Gasteiger partial charge in [0.1, 0.15) is 4.99 Å². The minimum Gasteiger partial charge on any atom is -0.480 e. The molecule has 1 saturated heterocycles. The Morgan fingerprint density at radius 2 is 1.50 bits per heavy atom. The number of aliphatic carboxylic acids is 1. The van der Waals surface area contributed by atoms with Gasteiger partial charge in [-0.05, 0) is 11.1 Å². The van der Waals surface area contributed by atoms with Gasteiger partial charge in [-0.25, -0.2) is 0 Å². The molecule has 0 saturated carbocycles. The number of carbonyl (C=O) groups is 1. The molecular formula is C17H17NO4S2. The highest BCUT2D eigenvalue weighted by atomic mass is 32.2. The molecule has 0 aromatic heterocycles. The largest absolute Gasteiger partial charge is 0.480 e. The van der Waals surface area contributed by atoms with Crippen LogP contribution in [-0.2, 0) is 15.1 Å². The maximum absolute atomic E-state index is 10.5. The fraction of sp³-hybridized carbons (Fsp3) is 0.176. The van der Waals surface area contributed by atoms with Crippen molar-refractivity contribution in [3.8, 4) is 11.1 Å². The monoisotopic (exact) mass is 363 g/mol. The van der Waals surface area contributed by atoms with Gasteiger partial charge in [0.15, 0.2) is 5.25 Å². The first-order chi connectivity index (χ1) is 11.6. The van der Waals surface area contributed by atoms with E-state index in [1.807, 2.05) is 12.1 Å². The molecule has 0 spiro atoms. The van der Waals surface area contributed by atoms with Crippen LogP contribution >= 0.6 is 11.8 Å². The van der Waals surface area contributed by atoms with Crippen molar-refractivity contribution in [1.82, 2.24) is 5.32 Å². The molecule has 3 rings (SSSR count). The lowest BCUT2D eigenvalue weighted by Crippen LogP contribution is -2.44. The number of hydrogen-bond acceptors (Lipinski definition) is 4. The van der Waals surface area contributed by atoms with Gasteiger partial charge in [0.25, 0.3) is 0 Å². The average molecular weight is 363 g/mol. The van der Waals surface area contributed by atoms with E-state index in [0.717, 1.165) is 11.8 Å². The first-order valence-corrected chi connectivity index (χ1v) is 9.37. The Kier molecular flexibility index (Phi) is 7.05. The summed E-state index contributed by atoms with van der Waals surface area (Å²) in [6.45, 7) is 0.498. The lowest BCUT2D eigenvalue weighted by atomic mass is 10.1. The number of carboxylic acids is 1. The molecule has 0 bridgehead atoms. The van der Waals surface area contributed by atoms with Crippen molar-refractivity contribution in [3.05, 3.63) is 60.7 Å². The van der Waals surface area contributed by atoms with Crippen LogP contribution < -0.4 is 5.32 Å². The van der Waals surface area contributed by atoms with E-state index in [1.165, 1.54) is 11.1 Å². The third-order valence-corrected chi connectivity index (χ3v) is 5.31. The van der Waals surface area contributed by atoms with Crippen molar-refractivity contribution in [2.45, 2.75) is 5.25 Å². The second-order valence-corrected chi connectivity index (χ2v) is 6.97. The minimum absolute atomic E-state index is 0.126. The molecule has 1 unspecified atom stereocenters. The first-order valence-electron chi connectivity index (χ1n) is 7.24. The molecule has 1 aliphatic heterocycles. The van der Waals surface area contributed by atoms with Gasteiger partial charge < -0.3 is 5.11 Å². The van der Waals surface area contributed by atoms with E-state index in [0.29, 0.717) is 12.3 Å². The molecule has 126 valence electrons. The maximum Gasteiger partial charge on any atom is 0.323 e. The maximum atomic E-state index is 10.5. The Labute approximate surface area is 146 Å². The molecule has 1 aliphatic rings. The Morgan fingerprint density at radius 3 is 1.88 bits per heavy atom. The van der Waals surface area contributed by atoms with Gasteiger partial charge in [-0.15, -0.1) is 11.8 Å². The van der Waals surface area contributed by atoms with Gasteiger partial charge in [-0.3, -0.25) is 10.1 Å². The summed E-state index contributed by atoms with van der Waals surface area (Å²) in [6.07, 6.45) is 0. The van der Waals surface area contributed by atoms with Crippen LogP contribution in [0.1, 0.15) is 0 Å². The first kappa shape index (κ1) is 18.3. The smallest absolute Gasteiger partial charge is 0.323 e. The Balaban J connectivity index is 0.000000174. The molecule has 1 heterocycles. The molecule has 5 nitrogen and oxygen atoms in total. The minimum atomic E-state index is -2.45. The Morgan fingerprint density at radius 1 is 1.00 bits per heavy atom. The average Bonchev–Trinajstić information content (AvgIpc) is 2.63. The second kappa shape index (κ2) is 9.27. The highest BCUT2D eigenvalue weighted by molar-refractivity contribution is 8.02. The van der Waals surface area contributed by atoms with Crippen LogP contribution in [0.4, 0.5) is 0 Å². The molecule has 24 heavy (non-hydrogen) atoms. The number of benzene rings is 2. The van der Waals surface area contributed by atoms with E-state index in [9.17, 15) is 13.2 Å². The summed E-state index contributed by atoms with van der Waals surface area (Å²) >= 11 is 1.12. The molecule has 0 aliphatic carbocycles. The van der Waals surface area contributed by atoms with Crippen LogP contribution in [0.15, 0.2) is 60.7 Å². The zero-order valence-corrected chi connectivity index (χ0v) is 14.4. The fourth-order valence-electron chi connectivity index (χ4n) is 2.11. The SMILES string of the molecule is O=C(O)C1SCCNC1=S(=O)=O.c1ccc(-c2ccccc2)cc1. The summed E-state index contributed by atoms with van der Waals surface area (Å²) in [5.41, 5.74) is 2.55. The van der Waals surface area contributed by atoms with Crippen molar-refractivity contribution >= 4 is 33.0 Å². The van der Waals surface area contributed by atoms with E-state index in [1.54, 1.807) is 0 Å². The lowest BCUT2D eigenvalue weighted by Gasteiger charge is -2.18. The van der Waals surface area contributed by atoms with Crippen LogP contribution in [0, 0.1) is 0 Å². The van der Waals surface area contributed by atoms with Crippen LogP contribution in [0.25, 0.3) is 11.1 Å². The zero-order chi connectivity index (χ0) is 17.4. The summed E-state index contributed by atoms with van der Waals surface area (Å²) in [5, 5.41) is 10.2. The molecular weight excluding hydrogens is 346 g/mol. The third kappa shape index (κ3) is 5.23. The molecule has 0 radical (unpaired) electrons. The van der Waals surface area contributed by atoms with Crippen molar-refractivity contribution in [2.75, 3.05) is 12.3 Å². The number of thioether (sulfide) groups is 1. The second-order valence-electron chi connectivity index (χ2n) is 4.85. The number of rotatable bonds is 2. The van der Waals surface area contributed by atoms with Crippen molar-refractivity contribution in [3.63, 3.8) is 0 Å². The predicted molar refractivity (Wildman–Crippen MR) is 97.7 cm³/mol. The quantitative estimate of drug-likeness (QED) is 0.796. The summed E-state index contributed by atoms with van der Waals surface area (Å²) in [5.74, 6) is -0.510. The third-order valence-electron chi connectivity index (χ3n) is 3.21. The van der Waals surface area contributed by atoms with Crippen LogP contribution in [0.5, 0.6) is 0 Å². The standard InChI is InChI=1S/C12H10.C5H7NO4S2/c1-3-7-11(8-4-1)12-9-5-2-6-10-12;7-5(8)3-4(12(9)10)6-1-2-11-3/h1-10H;3,6H,1-2H2,(H,7,8). The van der Waals surface area contributed by atoms with Gasteiger partial charge >= 0.3 is 5.97 Å². The van der Waals surface area contributed by atoms with Gasteiger partial charge in [0.05, 0.1) is 0 Å². The Hall–Kier alpha value is -2.09. The molecule has 2 aromatic rings. The summed E-state index contributed by atoms with van der Waals surface area (Å²) in [4.78, 5) is 10.4. The fourth-order valence-corrected chi connectivity index (χ4v) is 3.88. The van der Waals surface area contributed by atoms with Gasteiger partial charge in [0.2, 0.25) is 10.3 Å².